The summed E-state index contributed by atoms with van der Waals surface area (Å²) in [5, 5.41) is 4.67. The molecule has 1 atom stereocenters. The van der Waals surface area contributed by atoms with Crippen molar-refractivity contribution < 1.29 is 9.53 Å². The quantitative estimate of drug-likeness (QED) is 0.814. The molecule has 2 heterocycles. The van der Waals surface area contributed by atoms with Crippen LogP contribution in [0.1, 0.15) is 18.4 Å². The number of hydrogen-bond acceptors (Lipinski definition) is 3. The lowest BCUT2D eigenvalue weighted by atomic mass is 10.2. The van der Waals surface area contributed by atoms with Gasteiger partial charge in [0.2, 0.25) is 0 Å². The summed E-state index contributed by atoms with van der Waals surface area (Å²) >= 11 is 11.5. The average Bonchev–Trinajstić information content (AvgIpc) is 3.11. The number of carbonyl (C=O) groups excluding carboxylic acids is 1. The van der Waals surface area contributed by atoms with Crippen LogP contribution in [0.25, 0.3) is 0 Å². The van der Waals surface area contributed by atoms with Crippen molar-refractivity contribution in [2.75, 3.05) is 38.1 Å². The number of piperazine rings is 1. The van der Waals surface area contributed by atoms with Gasteiger partial charge in [-0.1, -0.05) is 11.6 Å². The molecule has 2 fully saturated rings. The van der Waals surface area contributed by atoms with Crippen molar-refractivity contribution in [1.29, 1.82) is 0 Å². The fraction of sp³-hybridized carbons (Fsp3) is 0.529. The molecular formula is C17H22ClN3O2S. The van der Waals surface area contributed by atoms with E-state index in [0.29, 0.717) is 29.8 Å². The van der Waals surface area contributed by atoms with Gasteiger partial charge in [0.1, 0.15) is 6.10 Å². The molecule has 1 aromatic carbocycles. The van der Waals surface area contributed by atoms with E-state index < -0.39 is 0 Å². The molecule has 5 nitrogen and oxygen atoms in total. The molecule has 2 saturated heterocycles. The molecule has 130 valence electrons. The Hall–Kier alpha value is -1.37. The lowest BCUT2D eigenvalue weighted by Crippen LogP contribution is -2.53. The Labute approximate surface area is 152 Å². The second kappa shape index (κ2) is 7.68. The third kappa shape index (κ3) is 3.99. The molecule has 2 aliphatic rings. The van der Waals surface area contributed by atoms with Crippen molar-refractivity contribution >= 4 is 40.5 Å². The third-order valence-corrected chi connectivity index (χ3v) is 5.11. The summed E-state index contributed by atoms with van der Waals surface area (Å²) in [6, 6.07) is 5.68. The Morgan fingerprint density at radius 1 is 1.29 bits per heavy atom. The number of aryl methyl sites for hydroxylation is 1. The van der Waals surface area contributed by atoms with E-state index in [1.807, 2.05) is 30.0 Å². The predicted molar refractivity (Wildman–Crippen MR) is 99.5 cm³/mol. The van der Waals surface area contributed by atoms with Gasteiger partial charge < -0.3 is 19.9 Å². The fourth-order valence-electron chi connectivity index (χ4n) is 3.07. The number of nitrogens with zero attached hydrogens (tertiary/aromatic N) is 2. The maximum absolute atomic E-state index is 12.4. The Bertz CT molecular complexity index is 626. The number of thiocarbonyl (C=S) groups is 1. The van der Waals surface area contributed by atoms with E-state index in [1.165, 1.54) is 0 Å². The van der Waals surface area contributed by atoms with Crippen LogP contribution in [-0.2, 0) is 9.53 Å². The number of hydrogen-bond donors (Lipinski definition) is 1. The van der Waals surface area contributed by atoms with Gasteiger partial charge in [0, 0.05) is 43.5 Å². The fourth-order valence-corrected chi connectivity index (χ4v) is 3.59. The van der Waals surface area contributed by atoms with Gasteiger partial charge in [-0.15, -0.1) is 0 Å². The number of halogens is 1. The van der Waals surface area contributed by atoms with E-state index in [1.54, 1.807) is 0 Å². The minimum absolute atomic E-state index is 0.125. The SMILES string of the molecule is Cc1cc(Cl)ccc1NC(=S)N1CCN(C(=O)[C@H]2CCCO2)CC1. The molecule has 1 N–H and O–H groups in total. The Balaban J connectivity index is 1.52. The van der Waals surface area contributed by atoms with Gasteiger partial charge in [-0.25, -0.2) is 0 Å². The zero-order valence-corrected chi connectivity index (χ0v) is 15.3. The minimum atomic E-state index is -0.238. The number of rotatable bonds is 2. The van der Waals surface area contributed by atoms with Gasteiger partial charge in [-0.2, -0.15) is 0 Å². The van der Waals surface area contributed by atoms with Crippen LogP contribution in [0.2, 0.25) is 5.02 Å². The Kier molecular flexibility index (Phi) is 5.58. The Morgan fingerprint density at radius 2 is 2.00 bits per heavy atom. The van der Waals surface area contributed by atoms with Gasteiger partial charge in [0.15, 0.2) is 5.11 Å². The van der Waals surface area contributed by atoms with Crippen LogP contribution in [0, 0.1) is 6.92 Å². The highest BCUT2D eigenvalue weighted by molar-refractivity contribution is 7.80. The van der Waals surface area contributed by atoms with Crippen molar-refractivity contribution in [1.82, 2.24) is 9.80 Å². The van der Waals surface area contributed by atoms with Crippen LogP contribution in [0.5, 0.6) is 0 Å². The summed E-state index contributed by atoms with van der Waals surface area (Å²) in [6.45, 7) is 5.52. The van der Waals surface area contributed by atoms with Crippen LogP contribution in [0.15, 0.2) is 18.2 Å². The van der Waals surface area contributed by atoms with Crippen LogP contribution in [-0.4, -0.2) is 59.7 Å². The predicted octanol–water partition coefficient (Wildman–Crippen LogP) is 2.67. The van der Waals surface area contributed by atoms with Crippen molar-refractivity contribution in [2.24, 2.45) is 0 Å². The first-order chi connectivity index (χ1) is 11.5. The molecule has 24 heavy (non-hydrogen) atoms. The molecule has 7 heteroatoms. The topological polar surface area (TPSA) is 44.8 Å². The first-order valence-corrected chi connectivity index (χ1v) is 9.05. The van der Waals surface area contributed by atoms with E-state index in [4.69, 9.17) is 28.6 Å². The summed E-state index contributed by atoms with van der Waals surface area (Å²) in [6.07, 6.45) is 1.58. The highest BCUT2D eigenvalue weighted by Crippen LogP contribution is 2.21. The van der Waals surface area contributed by atoms with E-state index >= 15 is 0 Å². The highest BCUT2D eigenvalue weighted by atomic mass is 35.5. The lowest BCUT2D eigenvalue weighted by molar-refractivity contribution is -0.142. The highest BCUT2D eigenvalue weighted by Gasteiger charge is 2.30. The summed E-state index contributed by atoms with van der Waals surface area (Å²) in [7, 11) is 0. The maximum atomic E-state index is 12.4. The molecule has 0 radical (unpaired) electrons. The molecule has 1 aromatic rings. The van der Waals surface area contributed by atoms with Crippen molar-refractivity contribution in [2.45, 2.75) is 25.9 Å². The number of benzene rings is 1. The minimum Gasteiger partial charge on any atom is -0.368 e. The molecular weight excluding hydrogens is 346 g/mol. The van der Waals surface area contributed by atoms with Gasteiger partial charge in [-0.3, -0.25) is 4.79 Å². The van der Waals surface area contributed by atoms with E-state index in [2.05, 4.69) is 10.2 Å². The summed E-state index contributed by atoms with van der Waals surface area (Å²) in [4.78, 5) is 16.4. The van der Waals surface area contributed by atoms with Crippen molar-refractivity contribution in [3.63, 3.8) is 0 Å². The second-order valence-corrected chi connectivity index (χ2v) is 7.03. The average molecular weight is 368 g/mol. The van der Waals surface area contributed by atoms with Crippen molar-refractivity contribution in [3.8, 4) is 0 Å². The largest absolute Gasteiger partial charge is 0.368 e. The van der Waals surface area contributed by atoms with E-state index in [9.17, 15) is 4.79 Å². The molecule has 0 spiro atoms. The van der Waals surface area contributed by atoms with Crippen LogP contribution in [0.4, 0.5) is 5.69 Å². The number of amides is 1. The molecule has 2 aliphatic heterocycles. The van der Waals surface area contributed by atoms with Gasteiger partial charge >= 0.3 is 0 Å². The standard InChI is InChI=1S/C17H22ClN3O2S/c1-12-11-13(18)4-5-14(12)19-17(24)21-8-6-20(7-9-21)16(22)15-3-2-10-23-15/h4-5,11,15H,2-3,6-10H2,1H3,(H,19,24)/t15-/m1/s1. The van der Waals surface area contributed by atoms with E-state index in [-0.39, 0.29) is 12.0 Å². The molecule has 0 unspecified atom stereocenters. The van der Waals surface area contributed by atoms with Gasteiger partial charge in [0.25, 0.3) is 5.91 Å². The molecule has 0 saturated carbocycles. The van der Waals surface area contributed by atoms with Crippen LogP contribution in [0.3, 0.4) is 0 Å². The van der Waals surface area contributed by atoms with E-state index in [0.717, 1.165) is 37.2 Å². The molecule has 0 aliphatic carbocycles. The zero-order valence-electron chi connectivity index (χ0n) is 13.8. The number of ether oxygens (including phenoxy) is 1. The summed E-state index contributed by atoms with van der Waals surface area (Å²) in [5.74, 6) is 0.125. The molecule has 0 aromatic heterocycles. The number of anilines is 1. The van der Waals surface area contributed by atoms with Crippen molar-refractivity contribution in [3.05, 3.63) is 28.8 Å². The number of carbonyl (C=O) groups is 1. The van der Waals surface area contributed by atoms with Gasteiger partial charge in [-0.05, 0) is 55.7 Å². The zero-order chi connectivity index (χ0) is 17.1. The second-order valence-electron chi connectivity index (χ2n) is 6.20. The normalized spacial score (nSPS) is 21.0. The molecule has 1 amide bonds. The molecule has 3 rings (SSSR count). The summed E-state index contributed by atoms with van der Waals surface area (Å²) in [5.41, 5.74) is 2.01. The maximum Gasteiger partial charge on any atom is 0.251 e. The first-order valence-electron chi connectivity index (χ1n) is 8.27. The van der Waals surface area contributed by atoms with Crippen LogP contribution < -0.4 is 5.32 Å². The summed E-state index contributed by atoms with van der Waals surface area (Å²) < 4.78 is 5.49. The van der Waals surface area contributed by atoms with Gasteiger partial charge in [0.05, 0.1) is 0 Å². The van der Waals surface area contributed by atoms with Crippen LogP contribution >= 0.6 is 23.8 Å². The smallest absolute Gasteiger partial charge is 0.251 e. The number of nitrogens with one attached hydrogen (secondary N) is 1. The Morgan fingerprint density at radius 3 is 2.62 bits per heavy atom. The lowest BCUT2D eigenvalue weighted by Gasteiger charge is -2.37. The third-order valence-electron chi connectivity index (χ3n) is 4.51. The monoisotopic (exact) mass is 367 g/mol. The first kappa shape index (κ1) is 17.5. The molecule has 0 bridgehead atoms.